The summed E-state index contributed by atoms with van der Waals surface area (Å²) in [6.07, 6.45) is 4.31. The molecule has 0 bridgehead atoms. The molecule has 0 aliphatic carbocycles. The van der Waals surface area contributed by atoms with Crippen molar-refractivity contribution < 1.29 is 5.11 Å². The summed E-state index contributed by atoms with van der Waals surface area (Å²) < 4.78 is 0. The number of aromatic nitrogens is 2. The highest BCUT2D eigenvalue weighted by molar-refractivity contribution is 6.30. The fourth-order valence-electron chi connectivity index (χ4n) is 2.17. The molecule has 1 atom stereocenters. The zero-order chi connectivity index (χ0) is 14.7. The van der Waals surface area contributed by atoms with E-state index in [-0.39, 0.29) is 0 Å². The van der Waals surface area contributed by atoms with Crippen molar-refractivity contribution in [1.82, 2.24) is 9.97 Å². The Morgan fingerprint density at radius 1 is 0.857 bits per heavy atom. The Labute approximate surface area is 127 Å². The Balaban J connectivity index is 1.94. The summed E-state index contributed by atoms with van der Waals surface area (Å²) in [7, 11) is 0. The van der Waals surface area contributed by atoms with Crippen LogP contribution >= 0.6 is 11.6 Å². The first kappa shape index (κ1) is 13.7. The zero-order valence-electron chi connectivity index (χ0n) is 11.1. The highest BCUT2D eigenvalue weighted by Gasteiger charge is 2.11. The van der Waals surface area contributed by atoms with Gasteiger partial charge in [-0.2, -0.15) is 0 Å². The minimum atomic E-state index is -0.688. The molecular formula is C17H13ClN2O. The summed E-state index contributed by atoms with van der Waals surface area (Å²) in [6.45, 7) is 0. The molecule has 0 fully saturated rings. The van der Waals surface area contributed by atoms with Crippen molar-refractivity contribution in [2.75, 3.05) is 0 Å². The molecule has 1 heterocycles. The summed E-state index contributed by atoms with van der Waals surface area (Å²) >= 11 is 5.87. The fourth-order valence-corrected chi connectivity index (χ4v) is 2.30. The largest absolute Gasteiger partial charge is 0.384 e. The monoisotopic (exact) mass is 296 g/mol. The Morgan fingerprint density at radius 3 is 2.29 bits per heavy atom. The minimum Gasteiger partial charge on any atom is -0.384 e. The predicted octanol–water partition coefficient (Wildman–Crippen LogP) is 3.88. The molecule has 0 amide bonds. The Morgan fingerprint density at radius 2 is 1.57 bits per heavy atom. The van der Waals surface area contributed by atoms with Crippen LogP contribution in [-0.4, -0.2) is 15.1 Å². The Bertz CT molecular complexity index is 729. The van der Waals surface area contributed by atoms with Crippen molar-refractivity contribution in [1.29, 1.82) is 0 Å². The number of hydrogen-bond donors (Lipinski definition) is 1. The summed E-state index contributed by atoms with van der Waals surface area (Å²) in [5.74, 6) is 0. The molecule has 0 aliphatic heterocycles. The van der Waals surface area contributed by atoms with E-state index in [4.69, 9.17) is 11.6 Å². The molecule has 3 rings (SSSR count). The predicted molar refractivity (Wildman–Crippen MR) is 83.0 cm³/mol. The normalized spacial score (nSPS) is 12.1. The summed E-state index contributed by atoms with van der Waals surface area (Å²) in [5.41, 5.74) is 3.52. The lowest BCUT2D eigenvalue weighted by Gasteiger charge is -2.13. The molecule has 1 aromatic heterocycles. The van der Waals surface area contributed by atoms with E-state index in [1.54, 1.807) is 24.5 Å². The van der Waals surface area contributed by atoms with Crippen LogP contribution in [0.1, 0.15) is 17.2 Å². The van der Waals surface area contributed by atoms with Gasteiger partial charge in [-0.1, -0.05) is 41.9 Å². The van der Waals surface area contributed by atoms with Crippen LogP contribution in [0.25, 0.3) is 11.1 Å². The summed E-state index contributed by atoms with van der Waals surface area (Å²) in [6, 6.07) is 14.9. The highest BCUT2D eigenvalue weighted by atomic mass is 35.5. The van der Waals surface area contributed by atoms with Gasteiger partial charge in [-0.15, -0.1) is 0 Å². The molecular weight excluding hydrogens is 284 g/mol. The van der Waals surface area contributed by atoms with Gasteiger partial charge in [0.15, 0.2) is 0 Å². The molecule has 104 valence electrons. The maximum absolute atomic E-state index is 10.5. The summed E-state index contributed by atoms with van der Waals surface area (Å²) in [4.78, 5) is 8.03. The van der Waals surface area contributed by atoms with Crippen molar-refractivity contribution in [3.05, 3.63) is 83.4 Å². The Kier molecular flexibility index (Phi) is 3.95. The van der Waals surface area contributed by atoms with Crippen LogP contribution in [0.4, 0.5) is 0 Å². The van der Waals surface area contributed by atoms with Gasteiger partial charge in [0.2, 0.25) is 0 Å². The average molecular weight is 297 g/mol. The third-order valence-electron chi connectivity index (χ3n) is 3.28. The van der Waals surface area contributed by atoms with Crippen molar-refractivity contribution in [3.63, 3.8) is 0 Å². The van der Waals surface area contributed by atoms with E-state index in [0.29, 0.717) is 5.02 Å². The molecule has 0 saturated carbocycles. The molecule has 0 spiro atoms. The first-order chi connectivity index (χ1) is 10.2. The first-order valence-corrected chi connectivity index (χ1v) is 6.91. The van der Waals surface area contributed by atoms with Crippen LogP contribution in [0.2, 0.25) is 5.02 Å². The third-order valence-corrected chi connectivity index (χ3v) is 3.53. The number of rotatable bonds is 3. The topological polar surface area (TPSA) is 46.0 Å². The van der Waals surface area contributed by atoms with E-state index < -0.39 is 6.10 Å². The summed E-state index contributed by atoms with van der Waals surface area (Å²) in [5, 5.41) is 11.1. The number of benzene rings is 2. The molecule has 3 nitrogen and oxygen atoms in total. The van der Waals surface area contributed by atoms with Gasteiger partial charge < -0.3 is 5.11 Å². The van der Waals surface area contributed by atoms with Crippen LogP contribution in [0.5, 0.6) is 0 Å². The quantitative estimate of drug-likeness (QED) is 0.798. The van der Waals surface area contributed by atoms with Crippen LogP contribution < -0.4 is 0 Å². The molecule has 4 heteroatoms. The number of aliphatic hydroxyl groups excluding tert-OH is 1. The smallest absolute Gasteiger partial charge is 0.115 e. The van der Waals surface area contributed by atoms with E-state index in [0.717, 1.165) is 22.3 Å². The van der Waals surface area contributed by atoms with Gasteiger partial charge >= 0.3 is 0 Å². The van der Waals surface area contributed by atoms with Gasteiger partial charge in [0.05, 0.1) is 0 Å². The lowest BCUT2D eigenvalue weighted by molar-refractivity contribution is 0.220. The van der Waals surface area contributed by atoms with E-state index in [1.807, 2.05) is 36.4 Å². The van der Waals surface area contributed by atoms with Gasteiger partial charge in [0.1, 0.15) is 12.4 Å². The van der Waals surface area contributed by atoms with Crippen LogP contribution in [0, 0.1) is 0 Å². The Hall–Kier alpha value is -2.23. The van der Waals surface area contributed by atoms with Crippen LogP contribution in [0.15, 0.2) is 67.3 Å². The fraction of sp³-hybridized carbons (Fsp3) is 0.0588. The standard InChI is InChI=1S/C17H13ClN2O/c18-16-6-4-12(5-7-16)17(21)14-3-1-2-13(8-14)15-9-19-11-20-10-15/h1-11,17,21H. The second-order valence-corrected chi connectivity index (χ2v) is 5.14. The van der Waals surface area contributed by atoms with Crippen LogP contribution in [0.3, 0.4) is 0 Å². The molecule has 0 saturated heterocycles. The minimum absolute atomic E-state index is 0.654. The van der Waals surface area contributed by atoms with E-state index >= 15 is 0 Å². The molecule has 21 heavy (non-hydrogen) atoms. The second-order valence-electron chi connectivity index (χ2n) is 4.71. The second kappa shape index (κ2) is 6.04. The van der Waals surface area contributed by atoms with Gasteiger partial charge in [-0.25, -0.2) is 9.97 Å². The molecule has 3 aromatic rings. The highest BCUT2D eigenvalue weighted by Crippen LogP contribution is 2.27. The molecule has 1 N–H and O–H groups in total. The number of aliphatic hydroxyl groups is 1. The van der Waals surface area contributed by atoms with E-state index in [9.17, 15) is 5.11 Å². The van der Waals surface area contributed by atoms with Gasteiger partial charge in [-0.05, 0) is 34.9 Å². The third kappa shape index (κ3) is 3.10. The van der Waals surface area contributed by atoms with E-state index in [1.165, 1.54) is 6.33 Å². The lowest BCUT2D eigenvalue weighted by atomic mass is 9.98. The van der Waals surface area contributed by atoms with Gasteiger partial charge in [0, 0.05) is 23.0 Å². The average Bonchev–Trinajstić information content (AvgIpc) is 2.56. The number of hydrogen-bond acceptors (Lipinski definition) is 3. The molecule has 0 radical (unpaired) electrons. The van der Waals surface area contributed by atoms with Crippen LogP contribution in [-0.2, 0) is 0 Å². The number of halogens is 1. The maximum Gasteiger partial charge on any atom is 0.115 e. The number of nitrogens with zero attached hydrogens (tertiary/aromatic N) is 2. The maximum atomic E-state index is 10.5. The van der Waals surface area contributed by atoms with Gasteiger partial charge in [0.25, 0.3) is 0 Å². The lowest BCUT2D eigenvalue weighted by Crippen LogP contribution is -1.99. The van der Waals surface area contributed by atoms with Crippen molar-refractivity contribution >= 4 is 11.6 Å². The van der Waals surface area contributed by atoms with Crippen molar-refractivity contribution in [2.45, 2.75) is 6.10 Å². The molecule has 1 unspecified atom stereocenters. The SMILES string of the molecule is OC(c1ccc(Cl)cc1)c1cccc(-c2cncnc2)c1. The van der Waals surface area contributed by atoms with Crippen molar-refractivity contribution in [2.24, 2.45) is 0 Å². The van der Waals surface area contributed by atoms with Gasteiger partial charge in [-0.3, -0.25) is 0 Å². The first-order valence-electron chi connectivity index (χ1n) is 6.53. The molecule has 2 aromatic carbocycles. The van der Waals surface area contributed by atoms with Crippen molar-refractivity contribution in [3.8, 4) is 11.1 Å². The molecule has 0 aliphatic rings. The van der Waals surface area contributed by atoms with E-state index in [2.05, 4.69) is 9.97 Å². The zero-order valence-corrected chi connectivity index (χ0v) is 11.9.